The van der Waals surface area contributed by atoms with Crippen LogP contribution >= 0.6 is 0 Å². The van der Waals surface area contributed by atoms with E-state index in [0.29, 0.717) is 12.3 Å². The van der Waals surface area contributed by atoms with E-state index >= 15 is 0 Å². The van der Waals surface area contributed by atoms with Crippen molar-refractivity contribution in [3.63, 3.8) is 0 Å². The highest BCUT2D eigenvalue weighted by Crippen LogP contribution is 2.19. The summed E-state index contributed by atoms with van der Waals surface area (Å²) >= 11 is 0. The van der Waals surface area contributed by atoms with Gasteiger partial charge in [0, 0.05) is 6.42 Å². The van der Waals surface area contributed by atoms with Gasteiger partial charge in [0.15, 0.2) is 0 Å². The number of hydrogen-bond donors (Lipinski definition) is 2. The highest BCUT2D eigenvalue weighted by molar-refractivity contribution is 4.60. The van der Waals surface area contributed by atoms with Crippen molar-refractivity contribution in [2.75, 3.05) is 0 Å². The van der Waals surface area contributed by atoms with Crippen molar-refractivity contribution in [1.82, 2.24) is 0 Å². The molecule has 0 aromatic heterocycles. The lowest BCUT2D eigenvalue weighted by Crippen LogP contribution is -2.30. The van der Waals surface area contributed by atoms with Gasteiger partial charge in [-0.05, 0) is 19.3 Å². The first-order valence-corrected chi connectivity index (χ1v) is 3.69. The SMILES string of the molecule is CC(C)CCC(C)(OO)OO. The molecule has 0 aromatic carbocycles. The molecule has 0 unspecified atom stereocenters. The predicted octanol–water partition coefficient (Wildman–Crippen LogP) is 2.12. The van der Waals surface area contributed by atoms with Crippen LogP contribution in [0.15, 0.2) is 0 Å². The van der Waals surface area contributed by atoms with Gasteiger partial charge in [-0.3, -0.25) is 0 Å². The highest BCUT2D eigenvalue weighted by atomic mass is 17.2. The molecule has 4 nitrogen and oxygen atoms in total. The van der Waals surface area contributed by atoms with E-state index in [9.17, 15) is 0 Å². The summed E-state index contributed by atoms with van der Waals surface area (Å²) in [6, 6.07) is 0. The van der Waals surface area contributed by atoms with Gasteiger partial charge in [0.1, 0.15) is 0 Å². The van der Waals surface area contributed by atoms with Crippen LogP contribution in [0.1, 0.15) is 33.6 Å². The van der Waals surface area contributed by atoms with Gasteiger partial charge in [0.2, 0.25) is 5.79 Å². The van der Waals surface area contributed by atoms with E-state index < -0.39 is 5.79 Å². The molecule has 0 saturated heterocycles. The molecule has 0 heterocycles. The van der Waals surface area contributed by atoms with Gasteiger partial charge >= 0.3 is 0 Å². The molecular formula is C7H16O4. The van der Waals surface area contributed by atoms with Crippen LogP contribution < -0.4 is 0 Å². The summed E-state index contributed by atoms with van der Waals surface area (Å²) in [7, 11) is 0. The normalized spacial score (nSPS) is 12.5. The molecule has 0 saturated carbocycles. The van der Waals surface area contributed by atoms with Crippen molar-refractivity contribution in [3.8, 4) is 0 Å². The van der Waals surface area contributed by atoms with Gasteiger partial charge in [0.25, 0.3) is 0 Å². The average Bonchev–Trinajstić information content (AvgIpc) is 2.00. The van der Waals surface area contributed by atoms with E-state index in [1.54, 1.807) is 0 Å². The Morgan fingerprint density at radius 1 is 1.27 bits per heavy atom. The van der Waals surface area contributed by atoms with E-state index in [4.69, 9.17) is 10.5 Å². The third-order valence-corrected chi connectivity index (χ3v) is 1.56. The molecule has 0 radical (unpaired) electrons. The Labute approximate surface area is 66.6 Å². The zero-order chi connectivity index (χ0) is 8.91. The first-order valence-electron chi connectivity index (χ1n) is 3.69. The van der Waals surface area contributed by atoms with Crippen LogP contribution in [0.25, 0.3) is 0 Å². The maximum atomic E-state index is 8.31. The molecule has 0 aromatic rings. The fourth-order valence-electron chi connectivity index (χ4n) is 0.659. The lowest BCUT2D eigenvalue weighted by molar-refractivity contribution is -0.482. The minimum absolute atomic E-state index is 0.456. The first-order chi connectivity index (χ1) is 5.04. The fraction of sp³-hybridized carbons (Fsp3) is 1.00. The van der Waals surface area contributed by atoms with Crippen LogP contribution in [-0.2, 0) is 9.78 Å². The van der Waals surface area contributed by atoms with Crippen LogP contribution in [0.2, 0.25) is 0 Å². The van der Waals surface area contributed by atoms with Crippen LogP contribution in [0, 0.1) is 5.92 Å². The van der Waals surface area contributed by atoms with Gasteiger partial charge < -0.3 is 0 Å². The molecule has 0 amide bonds. The number of hydrogen-bond acceptors (Lipinski definition) is 4. The second-order valence-electron chi connectivity index (χ2n) is 3.25. The zero-order valence-corrected chi connectivity index (χ0v) is 7.20. The Kier molecular flexibility index (Phi) is 4.60. The largest absolute Gasteiger partial charge is 0.249 e. The Morgan fingerprint density at radius 2 is 1.73 bits per heavy atom. The Morgan fingerprint density at radius 3 is 2.00 bits per heavy atom. The van der Waals surface area contributed by atoms with Crippen molar-refractivity contribution >= 4 is 0 Å². The quantitative estimate of drug-likeness (QED) is 0.371. The first kappa shape index (κ1) is 10.8. The maximum Gasteiger partial charge on any atom is 0.230 e. The van der Waals surface area contributed by atoms with Gasteiger partial charge in [-0.1, -0.05) is 13.8 Å². The highest BCUT2D eigenvalue weighted by Gasteiger charge is 2.26. The second-order valence-corrected chi connectivity index (χ2v) is 3.25. The molecule has 0 aliphatic heterocycles. The van der Waals surface area contributed by atoms with Crippen molar-refractivity contribution in [3.05, 3.63) is 0 Å². The summed E-state index contributed by atoms with van der Waals surface area (Å²) in [6.45, 7) is 5.54. The lowest BCUT2D eigenvalue weighted by atomic mass is 10.0. The van der Waals surface area contributed by atoms with Crippen molar-refractivity contribution in [2.24, 2.45) is 5.92 Å². The monoisotopic (exact) mass is 164 g/mol. The molecule has 11 heavy (non-hydrogen) atoms. The smallest absolute Gasteiger partial charge is 0.230 e. The summed E-state index contributed by atoms with van der Waals surface area (Å²) in [6.07, 6.45) is 1.27. The van der Waals surface area contributed by atoms with Crippen molar-refractivity contribution in [2.45, 2.75) is 39.4 Å². The Hall–Kier alpha value is -0.160. The Balaban J connectivity index is 3.69. The minimum Gasteiger partial charge on any atom is -0.249 e. The molecule has 0 fully saturated rings. The van der Waals surface area contributed by atoms with Crippen molar-refractivity contribution < 1.29 is 20.3 Å². The van der Waals surface area contributed by atoms with E-state index in [1.165, 1.54) is 6.92 Å². The van der Waals surface area contributed by atoms with E-state index in [0.717, 1.165) is 6.42 Å². The summed E-state index contributed by atoms with van der Waals surface area (Å²) in [4.78, 5) is 7.93. The average molecular weight is 164 g/mol. The molecule has 0 bridgehead atoms. The lowest BCUT2D eigenvalue weighted by Gasteiger charge is -2.22. The van der Waals surface area contributed by atoms with Crippen LogP contribution in [0.3, 0.4) is 0 Å². The van der Waals surface area contributed by atoms with Crippen LogP contribution in [-0.4, -0.2) is 16.3 Å². The predicted molar refractivity (Wildman–Crippen MR) is 39.9 cm³/mol. The van der Waals surface area contributed by atoms with Gasteiger partial charge in [0.05, 0.1) is 0 Å². The van der Waals surface area contributed by atoms with Crippen LogP contribution in [0.4, 0.5) is 0 Å². The van der Waals surface area contributed by atoms with Crippen molar-refractivity contribution in [1.29, 1.82) is 0 Å². The van der Waals surface area contributed by atoms with E-state index in [2.05, 4.69) is 9.78 Å². The fourth-order valence-corrected chi connectivity index (χ4v) is 0.659. The zero-order valence-electron chi connectivity index (χ0n) is 7.20. The minimum atomic E-state index is -1.27. The molecule has 0 rings (SSSR count). The van der Waals surface area contributed by atoms with Gasteiger partial charge in [-0.15, -0.1) is 0 Å². The van der Waals surface area contributed by atoms with Gasteiger partial charge in [-0.2, -0.15) is 0 Å². The molecule has 68 valence electrons. The topological polar surface area (TPSA) is 58.9 Å². The van der Waals surface area contributed by atoms with E-state index in [-0.39, 0.29) is 0 Å². The standard InChI is InChI=1S/C7H16O4/c1-6(2)4-5-7(3,10-8)11-9/h6,8-9H,4-5H2,1-3H3. The summed E-state index contributed by atoms with van der Waals surface area (Å²) < 4.78 is 0. The summed E-state index contributed by atoms with van der Waals surface area (Å²) in [5.41, 5.74) is 0. The molecule has 4 heteroatoms. The Bertz CT molecular complexity index is 98.6. The number of rotatable bonds is 5. The maximum absolute atomic E-state index is 8.31. The molecule has 0 aliphatic carbocycles. The molecule has 0 spiro atoms. The third kappa shape index (κ3) is 4.31. The molecular weight excluding hydrogens is 148 g/mol. The van der Waals surface area contributed by atoms with Gasteiger partial charge in [-0.25, -0.2) is 20.3 Å². The summed E-state index contributed by atoms with van der Waals surface area (Å²) in [5.74, 6) is -0.788. The summed E-state index contributed by atoms with van der Waals surface area (Å²) in [5, 5.41) is 16.6. The third-order valence-electron chi connectivity index (χ3n) is 1.56. The molecule has 0 atom stereocenters. The molecule has 0 aliphatic rings. The van der Waals surface area contributed by atoms with Crippen LogP contribution in [0.5, 0.6) is 0 Å². The molecule has 2 N–H and O–H groups in total. The second kappa shape index (κ2) is 4.66. The van der Waals surface area contributed by atoms with E-state index in [1.807, 2.05) is 13.8 Å².